The van der Waals surface area contributed by atoms with Gasteiger partial charge in [-0.15, -0.1) is 0 Å². The Morgan fingerprint density at radius 2 is 2.36 bits per heavy atom. The summed E-state index contributed by atoms with van der Waals surface area (Å²) in [5.41, 5.74) is 6.72. The molecule has 1 aromatic rings. The number of rotatable bonds is 3. The summed E-state index contributed by atoms with van der Waals surface area (Å²) in [6.07, 6.45) is 3.40. The van der Waals surface area contributed by atoms with Crippen LogP contribution in [0.4, 0.5) is 0 Å². The minimum absolute atomic E-state index is 0.272. The molecule has 1 unspecified atom stereocenters. The highest BCUT2D eigenvalue weighted by molar-refractivity contribution is 5.11. The lowest BCUT2D eigenvalue weighted by molar-refractivity contribution is 0.304. The molecule has 2 N–H and O–H groups in total. The molecule has 1 aromatic heterocycles. The van der Waals surface area contributed by atoms with Gasteiger partial charge in [0.2, 0.25) is 0 Å². The van der Waals surface area contributed by atoms with Crippen LogP contribution in [0.25, 0.3) is 0 Å². The molecule has 3 heteroatoms. The molecule has 1 rings (SSSR count). The number of hydrogen-bond donors (Lipinski definition) is 1. The first-order valence-corrected chi connectivity index (χ1v) is 3.64. The normalized spacial score (nSPS) is 13.8. The van der Waals surface area contributed by atoms with Gasteiger partial charge in [0, 0.05) is 18.2 Å². The fraction of sp³-hybridized carbons (Fsp3) is 0.500. The summed E-state index contributed by atoms with van der Waals surface area (Å²) in [7, 11) is 4.01. The van der Waals surface area contributed by atoms with Crippen molar-refractivity contribution in [1.29, 1.82) is 0 Å². The van der Waals surface area contributed by atoms with Crippen molar-refractivity contribution in [2.45, 2.75) is 6.04 Å². The third kappa shape index (κ3) is 1.82. The van der Waals surface area contributed by atoms with Crippen LogP contribution in [-0.4, -0.2) is 25.5 Å². The van der Waals surface area contributed by atoms with E-state index in [0.717, 1.165) is 5.56 Å². The first-order valence-electron chi connectivity index (χ1n) is 3.64. The van der Waals surface area contributed by atoms with Crippen molar-refractivity contribution in [3.8, 4) is 0 Å². The van der Waals surface area contributed by atoms with Crippen molar-refractivity contribution in [3.63, 3.8) is 0 Å². The average Bonchev–Trinajstić information content (AvgIpc) is 2.40. The van der Waals surface area contributed by atoms with Gasteiger partial charge in [-0.25, -0.2) is 0 Å². The highest BCUT2D eigenvalue weighted by atomic mass is 16.3. The molecule has 0 bridgehead atoms. The molecule has 0 amide bonds. The summed E-state index contributed by atoms with van der Waals surface area (Å²) < 4.78 is 4.97. The number of nitrogens with zero attached hydrogens (tertiary/aromatic N) is 1. The van der Waals surface area contributed by atoms with Crippen LogP contribution in [0.3, 0.4) is 0 Å². The second-order valence-electron chi connectivity index (χ2n) is 2.77. The van der Waals surface area contributed by atoms with Gasteiger partial charge >= 0.3 is 0 Å². The average molecular weight is 154 g/mol. The molecule has 62 valence electrons. The largest absolute Gasteiger partial charge is 0.472 e. The number of furan rings is 1. The zero-order valence-corrected chi connectivity index (χ0v) is 6.95. The molecular formula is C8H14N2O. The van der Waals surface area contributed by atoms with Gasteiger partial charge in [0.05, 0.1) is 12.5 Å². The van der Waals surface area contributed by atoms with E-state index < -0.39 is 0 Å². The van der Waals surface area contributed by atoms with Crippen molar-refractivity contribution in [3.05, 3.63) is 24.2 Å². The van der Waals surface area contributed by atoms with Gasteiger partial charge in [-0.05, 0) is 20.2 Å². The van der Waals surface area contributed by atoms with E-state index in [1.165, 1.54) is 0 Å². The predicted octanol–water partition coefficient (Wildman–Crippen LogP) is 0.841. The Labute approximate surface area is 66.8 Å². The van der Waals surface area contributed by atoms with E-state index >= 15 is 0 Å². The topological polar surface area (TPSA) is 42.4 Å². The molecule has 0 aromatic carbocycles. The second-order valence-corrected chi connectivity index (χ2v) is 2.77. The van der Waals surface area contributed by atoms with Crippen LogP contribution in [0, 0.1) is 0 Å². The summed E-state index contributed by atoms with van der Waals surface area (Å²) in [6, 6.07) is 2.21. The lowest BCUT2D eigenvalue weighted by Crippen LogP contribution is -2.26. The Bertz CT molecular complexity index is 194. The molecule has 0 saturated carbocycles. The van der Waals surface area contributed by atoms with Crippen LogP contribution in [0.1, 0.15) is 11.6 Å². The minimum atomic E-state index is 0.272. The van der Waals surface area contributed by atoms with Gasteiger partial charge in [0.1, 0.15) is 0 Å². The first-order chi connectivity index (χ1) is 5.25. The summed E-state index contributed by atoms with van der Waals surface area (Å²) >= 11 is 0. The summed E-state index contributed by atoms with van der Waals surface area (Å²) in [4.78, 5) is 2.07. The van der Waals surface area contributed by atoms with Crippen LogP contribution < -0.4 is 5.73 Å². The van der Waals surface area contributed by atoms with Crippen molar-refractivity contribution in [2.24, 2.45) is 5.73 Å². The molecule has 0 spiro atoms. The van der Waals surface area contributed by atoms with Gasteiger partial charge in [0.25, 0.3) is 0 Å². The van der Waals surface area contributed by atoms with E-state index in [1.807, 2.05) is 20.2 Å². The predicted molar refractivity (Wildman–Crippen MR) is 44.2 cm³/mol. The molecule has 0 radical (unpaired) electrons. The standard InChI is InChI=1S/C8H14N2O/c1-10(2)8(5-9)7-3-4-11-6-7/h3-4,6,8H,5,9H2,1-2H3. The molecule has 0 saturated heterocycles. The Kier molecular flexibility index (Phi) is 2.68. The van der Waals surface area contributed by atoms with Crippen LogP contribution in [0.15, 0.2) is 23.0 Å². The lowest BCUT2D eigenvalue weighted by Gasteiger charge is -2.20. The maximum absolute atomic E-state index is 5.58. The van der Waals surface area contributed by atoms with Gasteiger partial charge in [0.15, 0.2) is 0 Å². The highest BCUT2D eigenvalue weighted by Gasteiger charge is 2.11. The van der Waals surface area contributed by atoms with Crippen molar-refractivity contribution in [2.75, 3.05) is 20.6 Å². The van der Waals surface area contributed by atoms with E-state index in [2.05, 4.69) is 4.90 Å². The highest BCUT2D eigenvalue weighted by Crippen LogP contribution is 2.16. The first kappa shape index (κ1) is 8.30. The van der Waals surface area contributed by atoms with E-state index in [1.54, 1.807) is 12.5 Å². The van der Waals surface area contributed by atoms with Crippen LogP contribution in [0.5, 0.6) is 0 Å². The molecule has 0 aliphatic rings. The maximum atomic E-state index is 5.58. The lowest BCUT2D eigenvalue weighted by atomic mass is 10.1. The summed E-state index contributed by atoms with van der Waals surface area (Å²) in [5.74, 6) is 0. The Morgan fingerprint density at radius 3 is 2.73 bits per heavy atom. The molecule has 1 heterocycles. The number of nitrogens with two attached hydrogens (primary N) is 1. The zero-order chi connectivity index (χ0) is 8.27. The molecule has 0 aliphatic carbocycles. The van der Waals surface area contributed by atoms with Crippen molar-refractivity contribution < 1.29 is 4.42 Å². The molecule has 3 nitrogen and oxygen atoms in total. The smallest absolute Gasteiger partial charge is 0.0950 e. The van der Waals surface area contributed by atoms with Gasteiger partial charge in [-0.2, -0.15) is 0 Å². The van der Waals surface area contributed by atoms with Crippen LogP contribution >= 0.6 is 0 Å². The Hall–Kier alpha value is -0.800. The monoisotopic (exact) mass is 154 g/mol. The van der Waals surface area contributed by atoms with Crippen LogP contribution in [-0.2, 0) is 0 Å². The second kappa shape index (κ2) is 3.55. The quantitative estimate of drug-likeness (QED) is 0.701. The van der Waals surface area contributed by atoms with Gasteiger partial charge in [-0.3, -0.25) is 0 Å². The van der Waals surface area contributed by atoms with Crippen LogP contribution in [0.2, 0.25) is 0 Å². The summed E-state index contributed by atoms with van der Waals surface area (Å²) in [6.45, 7) is 0.618. The molecule has 0 fully saturated rings. The van der Waals surface area contributed by atoms with E-state index in [4.69, 9.17) is 10.2 Å². The van der Waals surface area contributed by atoms with Crippen molar-refractivity contribution in [1.82, 2.24) is 4.90 Å². The third-order valence-corrected chi connectivity index (χ3v) is 1.77. The molecule has 0 aliphatic heterocycles. The molecule has 11 heavy (non-hydrogen) atoms. The Balaban J connectivity index is 2.71. The fourth-order valence-corrected chi connectivity index (χ4v) is 1.11. The van der Waals surface area contributed by atoms with Crippen molar-refractivity contribution >= 4 is 0 Å². The zero-order valence-electron chi connectivity index (χ0n) is 6.95. The fourth-order valence-electron chi connectivity index (χ4n) is 1.11. The third-order valence-electron chi connectivity index (χ3n) is 1.77. The minimum Gasteiger partial charge on any atom is -0.472 e. The SMILES string of the molecule is CN(C)C(CN)c1ccoc1. The van der Waals surface area contributed by atoms with E-state index in [9.17, 15) is 0 Å². The van der Waals surface area contributed by atoms with E-state index in [0.29, 0.717) is 6.54 Å². The number of likely N-dealkylation sites (N-methyl/N-ethyl adjacent to an activating group) is 1. The molecule has 1 atom stereocenters. The summed E-state index contributed by atoms with van der Waals surface area (Å²) in [5, 5.41) is 0. The molecular weight excluding hydrogens is 140 g/mol. The van der Waals surface area contributed by atoms with E-state index in [-0.39, 0.29) is 6.04 Å². The van der Waals surface area contributed by atoms with Gasteiger partial charge in [-0.1, -0.05) is 0 Å². The number of hydrogen-bond acceptors (Lipinski definition) is 3. The Morgan fingerprint density at radius 1 is 1.64 bits per heavy atom. The maximum Gasteiger partial charge on any atom is 0.0950 e. The van der Waals surface area contributed by atoms with Gasteiger partial charge < -0.3 is 15.1 Å².